The lowest BCUT2D eigenvalue weighted by Crippen LogP contribution is -2.21. The summed E-state index contributed by atoms with van der Waals surface area (Å²) >= 11 is 0. The maximum absolute atomic E-state index is 6.10. The fourth-order valence-corrected chi connectivity index (χ4v) is 2.79. The molecule has 0 aliphatic carbocycles. The summed E-state index contributed by atoms with van der Waals surface area (Å²) < 4.78 is 13.1. The van der Waals surface area contributed by atoms with E-state index in [1.54, 1.807) is 0 Å². The first-order chi connectivity index (χ1) is 9.79. The molecular weight excluding hydrogens is 254 g/mol. The molecular formula is C15H21N3O2. The smallest absolute Gasteiger partial charge is 0.201 e. The molecule has 3 rings (SSSR count). The first-order valence-corrected chi connectivity index (χ1v) is 7.25. The molecule has 1 saturated heterocycles. The van der Waals surface area contributed by atoms with Crippen LogP contribution in [0.25, 0.3) is 11.0 Å². The number of imidazole rings is 1. The molecule has 1 aromatic heterocycles. The fraction of sp³-hybridized carbons (Fsp3) is 0.533. The Balaban J connectivity index is 1.93. The van der Waals surface area contributed by atoms with Gasteiger partial charge in [-0.3, -0.25) is 0 Å². The summed E-state index contributed by atoms with van der Waals surface area (Å²) in [6, 6.07) is 5.99. The van der Waals surface area contributed by atoms with Crippen LogP contribution in [0.2, 0.25) is 0 Å². The average molecular weight is 275 g/mol. The number of hydrogen-bond acceptors (Lipinski definition) is 4. The summed E-state index contributed by atoms with van der Waals surface area (Å²) in [5.41, 5.74) is 8.02. The third-order valence-corrected chi connectivity index (χ3v) is 3.85. The molecule has 0 amide bonds. The van der Waals surface area contributed by atoms with Gasteiger partial charge in [-0.15, -0.1) is 0 Å². The van der Waals surface area contributed by atoms with Crippen molar-refractivity contribution in [3.05, 3.63) is 18.2 Å². The van der Waals surface area contributed by atoms with E-state index >= 15 is 0 Å². The summed E-state index contributed by atoms with van der Waals surface area (Å²) in [4.78, 5) is 4.48. The number of nitrogen functional groups attached to an aromatic ring is 1. The largest absolute Gasteiger partial charge is 0.492 e. The summed E-state index contributed by atoms with van der Waals surface area (Å²) in [5, 5.41) is 0. The number of rotatable bonds is 4. The van der Waals surface area contributed by atoms with Gasteiger partial charge in [0.1, 0.15) is 11.3 Å². The molecule has 1 aliphatic heterocycles. The highest BCUT2D eigenvalue weighted by Crippen LogP contribution is 2.29. The van der Waals surface area contributed by atoms with E-state index in [9.17, 15) is 0 Å². The standard InChI is InChI=1S/C15H21N3O2/c1-2-20-13-5-3-4-12-14(13)17-15(16)18(12)10-11-6-8-19-9-7-11/h3-5,11H,2,6-10H2,1H3,(H2,16,17). The van der Waals surface area contributed by atoms with Gasteiger partial charge in [0.25, 0.3) is 0 Å². The fourth-order valence-electron chi connectivity index (χ4n) is 2.79. The molecule has 2 heterocycles. The molecule has 5 heteroatoms. The molecule has 0 bridgehead atoms. The zero-order chi connectivity index (χ0) is 13.9. The Morgan fingerprint density at radius 3 is 2.95 bits per heavy atom. The van der Waals surface area contributed by atoms with E-state index in [0.717, 1.165) is 49.4 Å². The van der Waals surface area contributed by atoms with Crippen LogP contribution in [-0.2, 0) is 11.3 Å². The van der Waals surface area contributed by atoms with Gasteiger partial charge in [0.15, 0.2) is 0 Å². The van der Waals surface area contributed by atoms with Gasteiger partial charge in [0, 0.05) is 19.8 Å². The number of fused-ring (bicyclic) bond motifs is 1. The Hall–Kier alpha value is -1.75. The molecule has 0 spiro atoms. The lowest BCUT2D eigenvalue weighted by atomic mass is 10.0. The number of benzene rings is 1. The Kier molecular flexibility index (Phi) is 3.78. The molecule has 0 unspecified atom stereocenters. The number of para-hydroxylation sites is 1. The van der Waals surface area contributed by atoms with Crippen molar-refractivity contribution in [3.8, 4) is 5.75 Å². The number of nitrogens with two attached hydrogens (primary N) is 1. The average Bonchev–Trinajstić information content (AvgIpc) is 2.78. The van der Waals surface area contributed by atoms with E-state index in [1.165, 1.54) is 0 Å². The quantitative estimate of drug-likeness (QED) is 0.931. The predicted octanol–water partition coefficient (Wildman–Crippen LogP) is 2.44. The van der Waals surface area contributed by atoms with Crippen LogP contribution in [0.3, 0.4) is 0 Å². The van der Waals surface area contributed by atoms with Gasteiger partial charge in [-0.25, -0.2) is 4.98 Å². The third kappa shape index (κ3) is 2.45. The normalized spacial score (nSPS) is 16.6. The second-order valence-electron chi connectivity index (χ2n) is 5.19. The lowest BCUT2D eigenvalue weighted by molar-refractivity contribution is 0.0617. The van der Waals surface area contributed by atoms with Crippen molar-refractivity contribution in [3.63, 3.8) is 0 Å². The van der Waals surface area contributed by atoms with Crippen molar-refractivity contribution < 1.29 is 9.47 Å². The number of aromatic nitrogens is 2. The van der Waals surface area contributed by atoms with Crippen molar-refractivity contribution in [2.75, 3.05) is 25.6 Å². The molecule has 0 saturated carbocycles. The van der Waals surface area contributed by atoms with E-state index in [-0.39, 0.29) is 0 Å². The summed E-state index contributed by atoms with van der Waals surface area (Å²) in [7, 11) is 0. The molecule has 2 N–H and O–H groups in total. The maximum Gasteiger partial charge on any atom is 0.201 e. The minimum absolute atomic E-state index is 0.568. The monoisotopic (exact) mass is 275 g/mol. The molecule has 20 heavy (non-hydrogen) atoms. The van der Waals surface area contributed by atoms with E-state index in [4.69, 9.17) is 15.2 Å². The highest BCUT2D eigenvalue weighted by Gasteiger charge is 2.18. The van der Waals surface area contributed by atoms with Crippen LogP contribution in [0, 0.1) is 5.92 Å². The van der Waals surface area contributed by atoms with Gasteiger partial charge in [0.05, 0.1) is 12.1 Å². The van der Waals surface area contributed by atoms with Gasteiger partial charge >= 0.3 is 0 Å². The van der Waals surface area contributed by atoms with Crippen LogP contribution in [-0.4, -0.2) is 29.4 Å². The van der Waals surface area contributed by atoms with Gasteiger partial charge in [-0.2, -0.15) is 0 Å². The van der Waals surface area contributed by atoms with Crippen LogP contribution in [0.1, 0.15) is 19.8 Å². The minimum atomic E-state index is 0.568. The van der Waals surface area contributed by atoms with Gasteiger partial charge < -0.3 is 19.8 Å². The maximum atomic E-state index is 6.10. The number of hydrogen-bond donors (Lipinski definition) is 1. The molecule has 0 radical (unpaired) electrons. The van der Waals surface area contributed by atoms with Gasteiger partial charge in [-0.1, -0.05) is 6.07 Å². The molecule has 1 aliphatic rings. The zero-order valence-electron chi connectivity index (χ0n) is 11.8. The second-order valence-corrected chi connectivity index (χ2v) is 5.19. The summed E-state index contributed by atoms with van der Waals surface area (Å²) in [6.45, 7) is 5.21. The molecule has 1 fully saturated rings. The lowest BCUT2D eigenvalue weighted by Gasteiger charge is -2.23. The van der Waals surface area contributed by atoms with Crippen molar-refractivity contribution >= 4 is 17.0 Å². The van der Waals surface area contributed by atoms with Crippen molar-refractivity contribution in [2.24, 2.45) is 5.92 Å². The van der Waals surface area contributed by atoms with E-state index in [0.29, 0.717) is 18.5 Å². The predicted molar refractivity (Wildman–Crippen MR) is 78.9 cm³/mol. The SMILES string of the molecule is CCOc1cccc2c1nc(N)n2CC1CCOCC1. The number of anilines is 1. The van der Waals surface area contributed by atoms with Crippen LogP contribution < -0.4 is 10.5 Å². The Bertz CT molecular complexity index is 588. The first kappa shape index (κ1) is 13.2. The Morgan fingerprint density at radius 1 is 1.40 bits per heavy atom. The van der Waals surface area contributed by atoms with Gasteiger partial charge in [-0.05, 0) is 37.8 Å². The first-order valence-electron chi connectivity index (χ1n) is 7.25. The minimum Gasteiger partial charge on any atom is -0.492 e. The van der Waals surface area contributed by atoms with Gasteiger partial charge in [0.2, 0.25) is 5.95 Å². The van der Waals surface area contributed by atoms with E-state index in [1.807, 2.05) is 19.1 Å². The Labute approximate surface area is 118 Å². The van der Waals surface area contributed by atoms with Crippen molar-refractivity contribution in [1.29, 1.82) is 0 Å². The topological polar surface area (TPSA) is 62.3 Å². The molecule has 108 valence electrons. The molecule has 1 aromatic carbocycles. The van der Waals surface area contributed by atoms with Crippen LogP contribution >= 0.6 is 0 Å². The number of ether oxygens (including phenoxy) is 2. The van der Waals surface area contributed by atoms with Crippen molar-refractivity contribution in [1.82, 2.24) is 9.55 Å². The third-order valence-electron chi connectivity index (χ3n) is 3.85. The van der Waals surface area contributed by atoms with Crippen LogP contribution in [0.5, 0.6) is 5.75 Å². The second kappa shape index (κ2) is 5.71. The van der Waals surface area contributed by atoms with Crippen LogP contribution in [0.4, 0.5) is 5.95 Å². The zero-order valence-corrected chi connectivity index (χ0v) is 11.8. The summed E-state index contributed by atoms with van der Waals surface area (Å²) in [5.74, 6) is 1.99. The van der Waals surface area contributed by atoms with Crippen LogP contribution in [0.15, 0.2) is 18.2 Å². The van der Waals surface area contributed by atoms with E-state index in [2.05, 4.69) is 15.6 Å². The molecule has 2 aromatic rings. The van der Waals surface area contributed by atoms with Crippen molar-refractivity contribution in [2.45, 2.75) is 26.3 Å². The number of nitrogens with zero attached hydrogens (tertiary/aromatic N) is 2. The van der Waals surface area contributed by atoms with E-state index < -0.39 is 0 Å². The molecule has 5 nitrogen and oxygen atoms in total. The summed E-state index contributed by atoms with van der Waals surface area (Å²) in [6.07, 6.45) is 2.18. The highest BCUT2D eigenvalue weighted by atomic mass is 16.5. The Morgan fingerprint density at radius 2 is 2.20 bits per heavy atom. The highest BCUT2D eigenvalue weighted by molar-refractivity contribution is 5.84. The molecule has 0 atom stereocenters.